The van der Waals surface area contributed by atoms with E-state index in [1.165, 1.54) is 10.6 Å². The summed E-state index contributed by atoms with van der Waals surface area (Å²) in [6.45, 7) is 3.98. The van der Waals surface area contributed by atoms with E-state index < -0.39 is 0 Å². The van der Waals surface area contributed by atoms with Gasteiger partial charge in [-0.2, -0.15) is 19.6 Å². The molecule has 0 aliphatic carbocycles. The summed E-state index contributed by atoms with van der Waals surface area (Å²) >= 11 is 0. The molecular formula is C23H24N8O3. The third-order valence-electron chi connectivity index (χ3n) is 5.66. The molecule has 1 fully saturated rings. The molecule has 0 bridgehead atoms. The first-order valence-electron chi connectivity index (χ1n) is 10.8. The number of hydrogen-bond acceptors (Lipinski definition) is 10. The van der Waals surface area contributed by atoms with Gasteiger partial charge in [0.25, 0.3) is 0 Å². The number of aromatic nitrogens is 4. The molecule has 174 valence electrons. The van der Waals surface area contributed by atoms with Crippen LogP contribution in [0.25, 0.3) is 5.65 Å². The number of anilines is 3. The maximum Gasteiger partial charge on any atom is 0.328 e. The van der Waals surface area contributed by atoms with E-state index in [1.54, 1.807) is 37.6 Å². The molecular weight excluding hydrogens is 436 g/mol. The van der Waals surface area contributed by atoms with Gasteiger partial charge in [-0.25, -0.2) is 0 Å². The molecule has 2 aromatic heterocycles. The zero-order chi connectivity index (χ0) is 23.5. The number of benzene rings is 2. The van der Waals surface area contributed by atoms with E-state index in [4.69, 9.17) is 9.47 Å². The van der Waals surface area contributed by atoms with Crippen LogP contribution in [0.1, 0.15) is 0 Å². The van der Waals surface area contributed by atoms with E-state index >= 15 is 0 Å². The number of fused-ring (bicyclic) bond motifs is 1. The minimum absolute atomic E-state index is 0.188. The first-order chi connectivity index (χ1) is 16.6. The predicted octanol–water partition coefficient (Wildman–Crippen LogP) is 3.82. The number of hydrogen-bond donors (Lipinski definition) is 1. The van der Waals surface area contributed by atoms with Crippen LogP contribution in [0.5, 0.6) is 17.5 Å². The molecule has 1 aliphatic rings. The van der Waals surface area contributed by atoms with Crippen molar-refractivity contribution in [1.82, 2.24) is 24.5 Å². The van der Waals surface area contributed by atoms with Crippen LogP contribution < -0.4 is 19.7 Å². The zero-order valence-electron chi connectivity index (χ0n) is 18.9. The normalized spacial score (nSPS) is 14.2. The van der Waals surface area contributed by atoms with Gasteiger partial charge >= 0.3 is 6.01 Å². The van der Waals surface area contributed by atoms with Gasteiger partial charge in [-0.15, -0.1) is 4.91 Å². The van der Waals surface area contributed by atoms with Crippen molar-refractivity contribution in [2.24, 2.45) is 5.18 Å². The van der Waals surface area contributed by atoms with Crippen LogP contribution in [0.3, 0.4) is 0 Å². The molecule has 1 aliphatic heterocycles. The zero-order valence-corrected chi connectivity index (χ0v) is 18.9. The summed E-state index contributed by atoms with van der Waals surface area (Å²) in [5.74, 6) is 1.41. The van der Waals surface area contributed by atoms with Crippen molar-refractivity contribution in [3.8, 4) is 17.5 Å². The Hall–Kier alpha value is -4.25. The minimum Gasteiger partial charge on any atom is -0.494 e. The molecule has 11 nitrogen and oxygen atoms in total. The van der Waals surface area contributed by atoms with E-state index in [0.717, 1.165) is 37.6 Å². The Morgan fingerprint density at radius 2 is 1.88 bits per heavy atom. The molecule has 5 rings (SSSR count). The Morgan fingerprint density at radius 3 is 2.68 bits per heavy atom. The first kappa shape index (κ1) is 21.6. The lowest BCUT2D eigenvalue weighted by Gasteiger charge is -2.34. The van der Waals surface area contributed by atoms with Gasteiger partial charge in [-0.1, -0.05) is 6.07 Å². The molecule has 0 amide bonds. The second kappa shape index (κ2) is 9.32. The van der Waals surface area contributed by atoms with Crippen LogP contribution in [0.2, 0.25) is 0 Å². The Morgan fingerprint density at radius 1 is 1.03 bits per heavy atom. The lowest BCUT2D eigenvalue weighted by Crippen LogP contribution is -2.44. The average molecular weight is 460 g/mol. The van der Waals surface area contributed by atoms with Gasteiger partial charge in [0.15, 0.2) is 5.65 Å². The smallest absolute Gasteiger partial charge is 0.328 e. The SMILES string of the molecule is COc1cc(N2CCN(C)CC2)ccc1Nc1nc(Oc2cccc(N=O)c2)n2nccc2n1. The monoisotopic (exact) mass is 460 g/mol. The van der Waals surface area contributed by atoms with Crippen molar-refractivity contribution in [2.45, 2.75) is 0 Å². The molecule has 1 saturated heterocycles. The number of likely N-dealkylation sites (N-methyl/N-ethyl adjacent to an activating group) is 1. The van der Waals surface area contributed by atoms with Crippen LogP contribution >= 0.6 is 0 Å². The lowest BCUT2D eigenvalue weighted by atomic mass is 10.2. The van der Waals surface area contributed by atoms with Gasteiger partial charge in [-0.3, -0.25) is 0 Å². The van der Waals surface area contributed by atoms with Gasteiger partial charge in [-0.05, 0) is 36.5 Å². The fourth-order valence-corrected chi connectivity index (χ4v) is 3.80. The summed E-state index contributed by atoms with van der Waals surface area (Å²) < 4.78 is 13.0. The summed E-state index contributed by atoms with van der Waals surface area (Å²) in [5, 5.41) is 10.4. The lowest BCUT2D eigenvalue weighted by molar-refractivity contribution is 0.312. The summed E-state index contributed by atoms with van der Waals surface area (Å²) in [5.41, 5.74) is 2.63. The largest absolute Gasteiger partial charge is 0.494 e. The molecule has 0 unspecified atom stereocenters. The summed E-state index contributed by atoms with van der Waals surface area (Å²) in [6.07, 6.45) is 1.61. The fourth-order valence-electron chi connectivity index (χ4n) is 3.80. The standard InChI is InChI=1S/C23H24N8O3/c1-29-10-12-30(13-11-29)17-6-7-19(20(15-17)33-2)25-22-26-21-8-9-24-31(21)23(27-22)34-18-5-3-4-16(14-18)28-32/h3-9,14-15H,10-13H2,1-2H3,(H,25,26). The molecule has 11 heteroatoms. The topological polar surface area (TPSA) is 109 Å². The van der Waals surface area contributed by atoms with Crippen LogP contribution in [-0.4, -0.2) is 64.8 Å². The van der Waals surface area contributed by atoms with E-state index in [0.29, 0.717) is 23.1 Å². The van der Waals surface area contributed by atoms with Crippen molar-refractivity contribution in [2.75, 3.05) is 50.6 Å². The summed E-state index contributed by atoms with van der Waals surface area (Å²) in [6, 6.07) is 14.5. The average Bonchev–Trinajstić information content (AvgIpc) is 3.34. The molecule has 34 heavy (non-hydrogen) atoms. The Balaban J connectivity index is 1.43. The van der Waals surface area contributed by atoms with Gasteiger partial charge in [0.05, 0.1) is 19.0 Å². The predicted molar refractivity (Wildman–Crippen MR) is 129 cm³/mol. The molecule has 2 aromatic carbocycles. The van der Waals surface area contributed by atoms with Gasteiger partial charge < -0.3 is 24.6 Å². The molecule has 0 spiro atoms. The number of nitrogens with one attached hydrogen (secondary N) is 1. The Bertz CT molecular complexity index is 1320. The Labute approximate surface area is 195 Å². The highest BCUT2D eigenvalue weighted by atomic mass is 16.5. The van der Waals surface area contributed by atoms with Crippen LogP contribution in [0.4, 0.5) is 23.0 Å². The van der Waals surface area contributed by atoms with Crippen molar-refractivity contribution < 1.29 is 9.47 Å². The quantitative estimate of drug-likeness (QED) is 0.412. The van der Waals surface area contributed by atoms with Gasteiger partial charge in [0.2, 0.25) is 5.95 Å². The molecule has 0 atom stereocenters. The highest BCUT2D eigenvalue weighted by Crippen LogP contribution is 2.33. The fraction of sp³-hybridized carbons (Fsp3) is 0.261. The number of ether oxygens (including phenoxy) is 2. The summed E-state index contributed by atoms with van der Waals surface area (Å²) in [4.78, 5) is 24.5. The third-order valence-corrected chi connectivity index (χ3v) is 5.66. The molecule has 3 heterocycles. The number of rotatable bonds is 7. The first-order valence-corrected chi connectivity index (χ1v) is 10.8. The van der Waals surface area contributed by atoms with E-state index in [9.17, 15) is 4.91 Å². The minimum atomic E-state index is 0.188. The van der Waals surface area contributed by atoms with Crippen molar-refractivity contribution >= 4 is 28.7 Å². The van der Waals surface area contributed by atoms with Crippen molar-refractivity contribution in [1.29, 1.82) is 0 Å². The van der Waals surface area contributed by atoms with Gasteiger partial charge in [0.1, 0.15) is 17.2 Å². The Kier molecular flexibility index (Phi) is 5.91. The molecule has 0 saturated carbocycles. The molecule has 0 radical (unpaired) electrons. The van der Waals surface area contributed by atoms with Crippen LogP contribution in [0, 0.1) is 4.91 Å². The highest BCUT2D eigenvalue weighted by Gasteiger charge is 2.17. The second-order valence-corrected chi connectivity index (χ2v) is 7.92. The number of nitroso groups, excluding NO2 is 1. The van der Waals surface area contributed by atoms with Crippen LogP contribution in [-0.2, 0) is 0 Å². The second-order valence-electron chi connectivity index (χ2n) is 7.92. The third kappa shape index (κ3) is 4.46. The maximum absolute atomic E-state index is 10.9. The van der Waals surface area contributed by atoms with E-state index in [2.05, 4.69) is 48.5 Å². The van der Waals surface area contributed by atoms with E-state index in [-0.39, 0.29) is 11.7 Å². The van der Waals surface area contributed by atoms with Crippen LogP contribution in [0.15, 0.2) is 59.9 Å². The molecule has 1 N–H and O–H groups in total. The number of nitrogens with zero attached hydrogens (tertiary/aromatic N) is 7. The highest BCUT2D eigenvalue weighted by molar-refractivity contribution is 5.69. The number of methoxy groups -OCH3 is 1. The van der Waals surface area contributed by atoms with Crippen molar-refractivity contribution in [3.05, 3.63) is 59.6 Å². The maximum atomic E-state index is 10.9. The summed E-state index contributed by atoms with van der Waals surface area (Å²) in [7, 11) is 3.77. The molecule has 4 aromatic rings. The number of piperazine rings is 1. The van der Waals surface area contributed by atoms with Gasteiger partial charge in [0, 0.05) is 50.1 Å². The van der Waals surface area contributed by atoms with E-state index in [1.807, 2.05) is 12.1 Å². The van der Waals surface area contributed by atoms with Crippen molar-refractivity contribution in [3.63, 3.8) is 0 Å².